The number of para-hydroxylation sites is 1. The van der Waals surface area contributed by atoms with E-state index in [0.717, 1.165) is 6.42 Å². The molecule has 3 rings (SSSR count). The van der Waals surface area contributed by atoms with Crippen molar-refractivity contribution in [2.75, 3.05) is 0 Å². The van der Waals surface area contributed by atoms with Crippen LogP contribution in [0, 0.1) is 0 Å². The van der Waals surface area contributed by atoms with E-state index in [1.807, 2.05) is 24.3 Å². The van der Waals surface area contributed by atoms with Crippen LogP contribution < -0.4 is 4.74 Å². The predicted molar refractivity (Wildman–Crippen MR) is 72.7 cm³/mol. The first-order chi connectivity index (χ1) is 9.61. The number of esters is 1. The molecule has 2 aliphatic rings. The van der Waals surface area contributed by atoms with E-state index in [4.69, 9.17) is 9.47 Å². The van der Waals surface area contributed by atoms with Gasteiger partial charge in [-0.15, -0.1) is 0 Å². The van der Waals surface area contributed by atoms with Gasteiger partial charge in [0.2, 0.25) is 0 Å². The average Bonchev–Trinajstić information content (AvgIpc) is 2.41. The summed E-state index contributed by atoms with van der Waals surface area (Å²) < 4.78 is 11.4. The lowest BCUT2D eigenvalue weighted by molar-refractivity contribution is -0.157. The fraction of sp³-hybridized carbons (Fsp3) is 0.375. The van der Waals surface area contributed by atoms with Gasteiger partial charge in [-0.2, -0.15) is 0 Å². The largest absolute Gasteiger partial charge is 0.478 e. The number of rotatable bonds is 1. The molecule has 1 aromatic rings. The Morgan fingerprint density at radius 2 is 2.20 bits per heavy atom. The highest BCUT2D eigenvalue weighted by atomic mass is 16.6. The van der Waals surface area contributed by atoms with Crippen LogP contribution in [0.3, 0.4) is 0 Å². The zero-order valence-electron chi connectivity index (χ0n) is 11.3. The molecule has 0 saturated heterocycles. The van der Waals surface area contributed by atoms with E-state index in [2.05, 4.69) is 0 Å². The summed E-state index contributed by atoms with van der Waals surface area (Å²) in [5.74, 6) is 0.239. The molecule has 1 spiro atoms. The topological polar surface area (TPSA) is 52.6 Å². The van der Waals surface area contributed by atoms with Gasteiger partial charge in [-0.25, -0.2) is 0 Å². The number of Topliss-reactive ketones (excluding diaryl/α,β-unsaturated/α-hetero) is 1. The molecule has 0 amide bonds. The van der Waals surface area contributed by atoms with Crippen molar-refractivity contribution in [2.24, 2.45) is 0 Å². The minimum atomic E-state index is -0.852. The van der Waals surface area contributed by atoms with Crippen molar-refractivity contribution in [3.8, 4) is 5.75 Å². The highest BCUT2D eigenvalue weighted by molar-refractivity contribution is 6.00. The Hall–Kier alpha value is -2.10. The first-order valence-corrected chi connectivity index (χ1v) is 6.77. The number of hydrogen-bond donors (Lipinski definition) is 0. The van der Waals surface area contributed by atoms with Crippen LogP contribution in [0.4, 0.5) is 0 Å². The van der Waals surface area contributed by atoms with Gasteiger partial charge in [-0.3, -0.25) is 9.59 Å². The summed E-state index contributed by atoms with van der Waals surface area (Å²) in [5.41, 5.74) is -0.256. The fourth-order valence-corrected chi connectivity index (χ4v) is 2.89. The lowest BCUT2D eigenvalue weighted by Gasteiger charge is -2.42. The average molecular weight is 272 g/mol. The van der Waals surface area contributed by atoms with Crippen LogP contribution in [0.1, 0.15) is 36.5 Å². The van der Waals surface area contributed by atoms with E-state index in [9.17, 15) is 9.59 Å². The third-order valence-corrected chi connectivity index (χ3v) is 3.77. The minimum Gasteiger partial charge on any atom is -0.478 e. The predicted octanol–water partition coefficient (Wildman–Crippen LogP) is 2.67. The zero-order chi connectivity index (χ0) is 14.2. The maximum atomic E-state index is 12.3. The van der Waals surface area contributed by atoms with Gasteiger partial charge in [0.15, 0.2) is 11.4 Å². The lowest BCUT2D eigenvalue weighted by Crippen LogP contribution is -2.52. The molecule has 0 N–H and O–H groups in total. The Labute approximate surface area is 117 Å². The molecule has 2 atom stereocenters. The van der Waals surface area contributed by atoms with Crippen molar-refractivity contribution < 1.29 is 19.1 Å². The molecule has 1 aromatic carbocycles. The summed E-state index contributed by atoms with van der Waals surface area (Å²) >= 11 is 0. The normalized spacial score (nSPS) is 27.9. The third-order valence-electron chi connectivity index (χ3n) is 3.77. The van der Waals surface area contributed by atoms with Crippen LogP contribution in [0.25, 0.3) is 0 Å². The molecule has 0 saturated carbocycles. The molecule has 4 nitrogen and oxygen atoms in total. The second-order valence-corrected chi connectivity index (χ2v) is 5.23. The number of ketones is 1. The number of benzene rings is 1. The summed E-state index contributed by atoms with van der Waals surface area (Å²) in [6.45, 7) is 1.38. The van der Waals surface area contributed by atoms with Crippen molar-refractivity contribution in [1.82, 2.24) is 0 Å². The van der Waals surface area contributed by atoms with Crippen molar-refractivity contribution in [3.63, 3.8) is 0 Å². The van der Waals surface area contributed by atoms with Crippen LogP contribution in [0.15, 0.2) is 36.4 Å². The molecule has 0 fully saturated rings. The monoisotopic (exact) mass is 272 g/mol. The number of carbonyl (C=O) groups is 2. The van der Waals surface area contributed by atoms with Crippen LogP contribution >= 0.6 is 0 Å². The standard InChI is InChI=1S/C16H16O4/c1-11(17)19-15-8-4-5-9-16(15)10-13(18)12-6-2-3-7-14(12)20-16/h2-3,5-7,9,15H,4,8,10H2,1H3. The molecule has 1 heterocycles. The second kappa shape index (κ2) is 4.78. The Kier molecular flexibility index (Phi) is 3.08. The maximum Gasteiger partial charge on any atom is 0.303 e. The van der Waals surface area contributed by atoms with Crippen molar-refractivity contribution in [3.05, 3.63) is 42.0 Å². The van der Waals surface area contributed by atoms with Crippen LogP contribution in [-0.4, -0.2) is 23.5 Å². The van der Waals surface area contributed by atoms with E-state index < -0.39 is 11.7 Å². The van der Waals surface area contributed by atoms with E-state index in [-0.39, 0.29) is 18.2 Å². The van der Waals surface area contributed by atoms with E-state index in [0.29, 0.717) is 17.7 Å². The molecule has 0 bridgehead atoms. The fourth-order valence-electron chi connectivity index (χ4n) is 2.89. The molecule has 104 valence electrons. The van der Waals surface area contributed by atoms with E-state index in [1.165, 1.54) is 6.92 Å². The maximum absolute atomic E-state index is 12.3. The molecule has 1 aliphatic heterocycles. The summed E-state index contributed by atoms with van der Waals surface area (Å²) in [6.07, 6.45) is 5.14. The Morgan fingerprint density at radius 3 is 3.00 bits per heavy atom. The highest BCUT2D eigenvalue weighted by Gasteiger charge is 2.47. The Balaban J connectivity index is 1.99. The third kappa shape index (κ3) is 2.11. The molecule has 20 heavy (non-hydrogen) atoms. The van der Waals surface area contributed by atoms with Gasteiger partial charge in [0.05, 0.1) is 12.0 Å². The summed E-state index contributed by atoms with van der Waals surface area (Å²) in [6, 6.07) is 7.19. The molecule has 4 heteroatoms. The Bertz CT molecular complexity index is 590. The van der Waals surface area contributed by atoms with Crippen LogP contribution in [0.5, 0.6) is 5.75 Å². The van der Waals surface area contributed by atoms with Crippen molar-refractivity contribution in [2.45, 2.75) is 37.9 Å². The van der Waals surface area contributed by atoms with Gasteiger partial charge >= 0.3 is 5.97 Å². The summed E-state index contributed by atoms with van der Waals surface area (Å²) in [7, 11) is 0. The number of carbonyl (C=O) groups excluding carboxylic acids is 2. The van der Waals surface area contributed by atoms with E-state index in [1.54, 1.807) is 12.1 Å². The number of fused-ring (bicyclic) bond motifs is 1. The zero-order valence-corrected chi connectivity index (χ0v) is 11.3. The second-order valence-electron chi connectivity index (χ2n) is 5.23. The van der Waals surface area contributed by atoms with Crippen molar-refractivity contribution >= 4 is 11.8 Å². The summed E-state index contributed by atoms with van der Waals surface area (Å²) in [5, 5.41) is 0. The lowest BCUT2D eigenvalue weighted by atomic mass is 9.80. The van der Waals surface area contributed by atoms with E-state index >= 15 is 0 Å². The van der Waals surface area contributed by atoms with Crippen molar-refractivity contribution in [1.29, 1.82) is 0 Å². The molecule has 0 radical (unpaired) electrons. The Morgan fingerprint density at radius 1 is 1.40 bits per heavy atom. The molecule has 1 aliphatic carbocycles. The minimum absolute atomic E-state index is 0.0237. The summed E-state index contributed by atoms with van der Waals surface area (Å²) in [4.78, 5) is 23.6. The molecule has 2 unspecified atom stereocenters. The quantitative estimate of drug-likeness (QED) is 0.582. The SMILES string of the molecule is CC(=O)OC1CCC=CC12CC(=O)c1ccccc1O2. The molecular formula is C16H16O4. The van der Waals surface area contributed by atoms with Gasteiger partial charge in [0.1, 0.15) is 11.9 Å². The molecule has 0 aromatic heterocycles. The smallest absolute Gasteiger partial charge is 0.303 e. The van der Waals surface area contributed by atoms with Gasteiger partial charge in [0, 0.05) is 6.92 Å². The number of ether oxygens (including phenoxy) is 2. The number of allylic oxidation sites excluding steroid dienone is 1. The highest BCUT2D eigenvalue weighted by Crippen LogP contribution is 2.40. The van der Waals surface area contributed by atoms with Crippen LogP contribution in [-0.2, 0) is 9.53 Å². The first-order valence-electron chi connectivity index (χ1n) is 6.77. The first kappa shape index (κ1) is 12.9. The van der Waals surface area contributed by atoms with Gasteiger partial charge < -0.3 is 9.47 Å². The van der Waals surface area contributed by atoms with Gasteiger partial charge in [-0.1, -0.05) is 18.2 Å². The number of hydrogen-bond acceptors (Lipinski definition) is 4. The van der Waals surface area contributed by atoms with Gasteiger partial charge in [0.25, 0.3) is 0 Å². The van der Waals surface area contributed by atoms with Gasteiger partial charge in [-0.05, 0) is 31.1 Å². The molecular weight excluding hydrogens is 256 g/mol. The van der Waals surface area contributed by atoms with Crippen LogP contribution in [0.2, 0.25) is 0 Å².